The van der Waals surface area contributed by atoms with Crippen molar-refractivity contribution >= 4 is 41.5 Å². The van der Waals surface area contributed by atoms with Crippen LogP contribution in [0.3, 0.4) is 0 Å². The summed E-state index contributed by atoms with van der Waals surface area (Å²) in [4.78, 5) is 88.5. The Morgan fingerprint density at radius 1 is 0.860 bits per heavy atom. The topological polar surface area (TPSA) is 237 Å². The summed E-state index contributed by atoms with van der Waals surface area (Å²) in [6.07, 6.45) is 0.965. The first-order valence-electron chi connectivity index (χ1n) is 14.7. The number of hydrogen-bond acceptors (Lipinski definition) is 8. The zero-order chi connectivity index (χ0) is 33.0. The number of likely N-dealkylation sites (tertiary alicyclic amines) is 1. The van der Waals surface area contributed by atoms with Gasteiger partial charge in [0, 0.05) is 13.0 Å². The fraction of sp³-hybridized carbons (Fsp3) is 0.750. The van der Waals surface area contributed by atoms with Crippen LogP contribution in [0, 0.1) is 11.8 Å². The predicted molar refractivity (Wildman–Crippen MR) is 155 cm³/mol. The first kappa shape index (κ1) is 37.3. The third kappa shape index (κ3) is 11.8. The molecule has 0 spiro atoms. The van der Waals surface area contributed by atoms with E-state index in [-0.39, 0.29) is 31.2 Å². The maximum atomic E-state index is 13.4. The summed E-state index contributed by atoms with van der Waals surface area (Å²) < 4.78 is 0. The normalized spacial score (nSPS) is 18.9. The molecule has 1 heterocycles. The standard InChI is InChI=1S/C28H48N6O9/c1-7-15(4)22(33-23(37)18(29)13-14(2)3)26(40)30-16(5)27(41)34-12-8-9-20(34)25(39)32-19(10-11-21(35)36)24(38)31-17(6)28(42)43/h14-20,22H,7-13,29H2,1-6H3,(H,30,40)(H,31,38)(H,32,39)(H,33,37)(H,35,36)(H,42,43)/t15-,16-,17-,18-,19+,20-,22-/m0/s1. The number of carboxylic acids is 2. The molecule has 15 nitrogen and oxygen atoms in total. The van der Waals surface area contributed by atoms with Crippen molar-refractivity contribution in [1.29, 1.82) is 0 Å². The molecule has 8 N–H and O–H groups in total. The minimum atomic E-state index is -1.35. The lowest BCUT2D eigenvalue weighted by atomic mass is 9.96. The van der Waals surface area contributed by atoms with Gasteiger partial charge >= 0.3 is 11.9 Å². The molecule has 0 bridgehead atoms. The molecule has 1 aliphatic rings. The smallest absolute Gasteiger partial charge is 0.325 e. The van der Waals surface area contributed by atoms with Crippen LogP contribution in [-0.4, -0.2) is 99.4 Å². The van der Waals surface area contributed by atoms with Crippen molar-refractivity contribution in [2.24, 2.45) is 17.6 Å². The van der Waals surface area contributed by atoms with E-state index in [2.05, 4.69) is 21.3 Å². The van der Waals surface area contributed by atoms with Crippen molar-refractivity contribution in [1.82, 2.24) is 26.2 Å². The molecule has 1 aliphatic heterocycles. The van der Waals surface area contributed by atoms with Crippen LogP contribution in [0.4, 0.5) is 0 Å². The molecule has 0 aromatic heterocycles. The Kier molecular flexibility index (Phi) is 15.1. The van der Waals surface area contributed by atoms with E-state index in [4.69, 9.17) is 15.9 Å². The molecular formula is C28H48N6O9. The van der Waals surface area contributed by atoms with Crippen LogP contribution < -0.4 is 27.0 Å². The Morgan fingerprint density at radius 3 is 2.00 bits per heavy atom. The van der Waals surface area contributed by atoms with Crippen molar-refractivity contribution in [3.05, 3.63) is 0 Å². The maximum absolute atomic E-state index is 13.4. The Labute approximate surface area is 252 Å². The molecular weight excluding hydrogens is 564 g/mol. The Balaban J connectivity index is 2.98. The average molecular weight is 613 g/mol. The summed E-state index contributed by atoms with van der Waals surface area (Å²) in [6, 6.07) is -6.41. The van der Waals surface area contributed by atoms with Crippen LogP contribution in [-0.2, 0) is 33.6 Å². The molecule has 1 saturated heterocycles. The predicted octanol–water partition coefficient (Wildman–Crippen LogP) is -0.675. The van der Waals surface area contributed by atoms with Crippen molar-refractivity contribution in [2.45, 2.75) is 116 Å². The largest absolute Gasteiger partial charge is 0.481 e. The van der Waals surface area contributed by atoms with E-state index in [1.807, 2.05) is 20.8 Å². The highest BCUT2D eigenvalue weighted by Crippen LogP contribution is 2.19. The zero-order valence-electron chi connectivity index (χ0n) is 25.8. The number of nitrogens with zero attached hydrogens (tertiary/aromatic N) is 1. The molecule has 1 fully saturated rings. The summed E-state index contributed by atoms with van der Waals surface area (Å²) >= 11 is 0. The minimum Gasteiger partial charge on any atom is -0.481 e. The highest BCUT2D eigenvalue weighted by Gasteiger charge is 2.39. The van der Waals surface area contributed by atoms with Crippen LogP contribution in [0.25, 0.3) is 0 Å². The van der Waals surface area contributed by atoms with Gasteiger partial charge in [-0.25, -0.2) is 0 Å². The van der Waals surface area contributed by atoms with E-state index in [0.29, 0.717) is 19.3 Å². The van der Waals surface area contributed by atoms with Crippen molar-refractivity contribution in [3.63, 3.8) is 0 Å². The lowest BCUT2D eigenvalue weighted by Gasteiger charge is -2.30. The van der Waals surface area contributed by atoms with Crippen LogP contribution in [0.5, 0.6) is 0 Å². The third-order valence-electron chi connectivity index (χ3n) is 7.43. The molecule has 1 rings (SSSR count). The SMILES string of the molecule is CC[C@H](C)[C@H](NC(=O)[C@@H](N)CC(C)C)C(=O)N[C@@H](C)C(=O)N1CCC[C@H]1C(=O)N[C@H](CCC(=O)O)C(=O)N[C@@H](C)C(=O)O. The molecule has 7 atom stereocenters. The number of carbonyl (C=O) groups excluding carboxylic acids is 5. The Hall–Kier alpha value is -3.75. The Bertz CT molecular complexity index is 1040. The lowest BCUT2D eigenvalue weighted by Crippen LogP contribution is -2.59. The number of carboxylic acid groups (broad SMARTS) is 2. The van der Waals surface area contributed by atoms with Crippen LogP contribution in [0.15, 0.2) is 0 Å². The molecule has 43 heavy (non-hydrogen) atoms. The number of amides is 5. The van der Waals surface area contributed by atoms with E-state index in [1.165, 1.54) is 18.7 Å². The van der Waals surface area contributed by atoms with E-state index in [0.717, 1.165) is 0 Å². The van der Waals surface area contributed by atoms with E-state index >= 15 is 0 Å². The van der Waals surface area contributed by atoms with Gasteiger partial charge in [-0.05, 0) is 51.4 Å². The second kappa shape index (κ2) is 17.4. The minimum absolute atomic E-state index is 0.176. The number of carbonyl (C=O) groups is 7. The molecule has 15 heteroatoms. The van der Waals surface area contributed by atoms with E-state index in [9.17, 15) is 33.6 Å². The van der Waals surface area contributed by atoms with Gasteiger partial charge in [-0.3, -0.25) is 33.6 Å². The van der Waals surface area contributed by atoms with Crippen LogP contribution >= 0.6 is 0 Å². The summed E-state index contributed by atoms with van der Waals surface area (Å²) in [5.41, 5.74) is 5.98. The van der Waals surface area contributed by atoms with Gasteiger partial charge in [0.25, 0.3) is 0 Å². The summed E-state index contributed by atoms with van der Waals surface area (Å²) in [5, 5.41) is 28.1. The van der Waals surface area contributed by atoms with Crippen LogP contribution in [0.1, 0.15) is 80.1 Å². The highest BCUT2D eigenvalue weighted by atomic mass is 16.4. The number of nitrogens with one attached hydrogen (secondary N) is 4. The van der Waals surface area contributed by atoms with Gasteiger partial charge in [0.05, 0.1) is 6.04 Å². The van der Waals surface area contributed by atoms with Crippen LogP contribution in [0.2, 0.25) is 0 Å². The van der Waals surface area contributed by atoms with Crippen molar-refractivity contribution in [3.8, 4) is 0 Å². The number of hydrogen-bond donors (Lipinski definition) is 7. The van der Waals surface area contributed by atoms with Crippen molar-refractivity contribution < 1.29 is 43.8 Å². The number of aliphatic carboxylic acids is 2. The van der Waals surface area contributed by atoms with Gasteiger partial charge in [0.15, 0.2) is 0 Å². The van der Waals surface area contributed by atoms with Gasteiger partial charge in [0.2, 0.25) is 29.5 Å². The molecule has 0 aliphatic carbocycles. The molecule has 0 saturated carbocycles. The summed E-state index contributed by atoms with van der Waals surface area (Å²) in [6.45, 7) is 10.4. The van der Waals surface area contributed by atoms with Gasteiger partial charge < -0.3 is 42.1 Å². The zero-order valence-corrected chi connectivity index (χ0v) is 25.8. The Morgan fingerprint density at radius 2 is 1.47 bits per heavy atom. The number of rotatable bonds is 17. The summed E-state index contributed by atoms with van der Waals surface area (Å²) in [5.74, 6) is -5.78. The molecule has 5 amide bonds. The molecule has 244 valence electrons. The van der Waals surface area contributed by atoms with Gasteiger partial charge in [-0.2, -0.15) is 0 Å². The second-order valence-corrected chi connectivity index (χ2v) is 11.6. The monoisotopic (exact) mass is 612 g/mol. The first-order chi connectivity index (χ1) is 20.0. The quantitative estimate of drug-likeness (QED) is 0.109. The van der Waals surface area contributed by atoms with Crippen molar-refractivity contribution in [2.75, 3.05) is 6.54 Å². The van der Waals surface area contributed by atoms with E-state index < -0.39 is 84.1 Å². The van der Waals surface area contributed by atoms with Gasteiger partial charge in [0.1, 0.15) is 30.2 Å². The van der Waals surface area contributed by atoms with E-state index in [1.54, 1.807) is 6.92 Å². The number of nitrogens with two attached hydrogens (primary N) is 1. The summed E-state index contributed by atoms with van der Waals surface area (Å²) in [7, 11) is 0. The molecule has 0 aromatic carbocycles. The maximum Gasteiger partial charge on any atom is 0.325 e. The third-order valence-corrected chi connectivity index (χ3v) is 7.43. The second-order valence-electron chi connectivity index (χ2n) is 11.6. The molecule has 0 unspecified atom stereocenters. The van der Waals surface area contributed by atoms with Gasteiger partial charge in [-0.1, -0.05) is 34.1 Å². The molecule has 0 aromatic rings. The highest BCUT2D eigenvalue weighted by molar-refractivity contribution is 5.96. The fourth-order valence-corrected chi connectivity index (χ4v) is 4.67. The first-order valence-corrected chi connectivity index (χ1v) is 14.7. The van der Waals surface area contributed by atoms with Gasteiger partial charge in [-0.15, -0.1) is 0 Å². The molecule has 0 radical (unpaired) electrons. The fourth-order valence-electron chi connectivity index (χ4n) is 4.67. The lowest BCUT2D eigenvalue weighted by molar-refractivity contribution is -0.143. The average Bonchev–Trinajstić information content (AvgIpc) is 3.42.